The van der Waals surface area contributed by atoms with Gasteiger partial charge in [-0.3, -0.25) is 14.0 Å². The van der Waals surface area contributed by atoms with Crippen molar-refractivity contribution in [2.45, 2.75) is 19.6 Å². The number of carbonyl (C=O) groups is 1. The summed E-state index contributed by atoms with van der Waals surface area (Å²) in [6, 6.07) is 1.54. The highest BCUT2D eigenvalue weighted by molar-refractivity contribution is 7.99. The molecule has 1 amide bonds. The molecule has 2 aromatic rings. The quantitative estimate of drug-likeness (QED) is 0.907. The summed E-state index contributed by atoms with van der Waals surface area (Å²) < 4.78 is 1.60. The lowest BCUT2D eigenvalue weighted by atomic mass is 10.4. The number of hydrogen-bond donors (Lipinski definition) is 1. The van der Waals surface area contributed by atoms with Crippen molar-refractivity contribution < 1.29 is 4.79 Å². The number of fused-ring (bicyclic) bond motifs is 1. The number of aryl methyl sites for hydroxylation is 1. The van der Waals surface area contributed by atoms with Gasteiger partial charge in [-0.15, -0.1) is 23.1 Å². The number of aromatic nitrogens is 2. The summed E-state index contributed by atoms with van der Waals surface area (Å²) in [5.74, 6) is 0.968. The fourth-order valence-electron chi connectivity index (χ4n) is 1.67. The Bertz CT molecular complexity index is 648. The monoisotopic (exact) mass is 297 g/mol. The first-order valence-corrected chi connectivity index (χ1v) is 7.96. The zero-order valence-electron chi connectivity index (χ0n) is 10.8. The summed E-state index contributed by atoms with van der Waals surface area (Å²) in [5.41, 5.74) is 1.57. The molecule has 0 saturated heterocycles. The van der Waals surface area contributed by atoms with Crippen molar-refractivity contribution in [3.8, 4) is 0 Å². The molecule has 0 radical (unpaired) electrons. The first-order chi connectivity index (χ1) is 9.11. The predicted molar refractivity (Wildman–Crippen MR) is 78.9 cm³/mol. The van der Waals surface area contributed by atoms with Crippen LogP contribution in [0.2, 0.25) is 0 Å². The molecule has 5 nitrogen and oxygen atoms in total. The van der Waals surface area contributed by atoms with Gasteiger partial charge in [-0.2, -0.15) is 0 Å². The molecule has 19 heavy (non-hydrogen) atoms. The van der Waals surface area contributed by atoms with Crippen LogP contribution in [0.5, 0.6) is 0 Å². The average molecular weight is 297 g/mol. The van der Waals surface area contributed by atoms with Gasteiger partial charge in [0.2, 0.25) is 5.91 Å². The molecule has 0 saturated carbocycles. The third-order valence-electron chi connectivity index (χ3n) is 2.49. The van der Waals surface area contributed by atoms with Crippen LogP contribution in [0.25, 0.3) is 4.96 Å². The first-order valence-electron chi connectivity index (χ1n) is 5.93. The van der Waals surface area contributed by atoms with Crippen LogP contribution in [0.1, 0.15) is 18.3 Å². The van der Waals surface area contributed by atoms with Crippen LogP contribution in [0.3, 0.4) is 0 Å². The Morgan fingerprint density at radius 2 is 2.37 bits per heavy atom. The lowest BCUT2D eigenvalue weighted by molar-refractivity contribution is -0.118. The van der Waals surface area contributed by atoms with Crippen LogP contribution in [0.4, 0.5) is 0 Å². The number of rotatable bonds is 5. The molecule has 2 heterocycles. The van der Waals surface area contributed by atoms with Gasteiger partial charge < -0.3 is 5.32 Å². The normalized spacial score (nSPS) is 10.8. The summed E-state index contributed by atoms with van der Waals surface area (Å²) in [6.45, 7) is 4.41. The van der Waals surface area contributed by atoms with Crippen LogP contribution in [0, 0.1) is 6.92 Å². The molecule has 0 unspecified atom stereocenters. The largest absolute Gasteiger partial charge is 0.356 e. The highest BCUT2D eigenvalue weighted by atomic mass is 32.2. The number of hydrogen-bond acceptors (Lipinski definition) is 5. The minimum Gasteiger partial charge on any atom is -0.356 e. The van der Waals surface area contributed by atoms with E-state index in [1.165, 1.54) is 29.2 Å². The van der Waals surface area contributed by atoms with E-state index < -0.39 is 0 Å². The second kappa shape index (κ2) is 6.21. The standard InChI is InChI=1S/C12H15N3O2S2/c1-3-13-10(16)7-18-6-9-4-11(17)15-8(2)5-19-12(15)14-9/h4-5H,3,6-7H2,1-2H3,(H,13,16). The molecule has 0 atom stereocenters. The van der Waals surface area contributed by atoms with E-state index in [-0.39, 0.29) is 11.5 Å². The van der Waals surface area contributed by atoms with E-state index in [0.717, 1.165) is 11.4 Å². The van der Waals surface area contributed by atoms with Crippen molar-refractivity contribution >= 4 is 34.0 Å². The Labute approximate surface area is 119 Å². The summed E-state index contributed by atoms with van der Waals surface area (Å²) >= 11 is 2.91. The molecule has 1 N–H and O–H groups in total. The Balaban J connectivity index is 2.06. The topological polar surface area (TPSA) is 63.5 Å². The van der Waals surface area contributed by atoms with Crippen molar-refractivity contribution in [1.82, 2.24) is 14.7 Å². The molecule has 102 valence electrons. The number of nitrogens with zero attached hydrogens (tertiary/aromatic N) is 2. The van der Waals surface area contributed by atoms with E-state index in [9.17, 15) is 9.59 Å². The molecule has 0 aliphatic rings. The Hall–Kier alpha value is -1.34. The van der Waals surface area contributed by atoms with Crippen molar-refractivity contribution in [3.63, 3.8) is 0 Å². The molecule has 0 fully saturated rings. The maximum atomic E-state index is 11.9. The second-order valence-electron chi connectivity index (χ2n) is 4.03. The van der Waals surface area contributed by atoms with E-state index in [4.69, 9.17) is 0 Å². The van der Waals surface area contributed by atoms with Crippen molar-refractivity contribution in [2.75, 3.05) is 12.3 Å². The van der Waals surface area contributed by atoms with Gasteiger partial charge in [-0.05, 0) is 13.8 Å². The number of amides is 1. The second-order valence-corrected chi connectivity index (χ2v) is 5.85. The fraction of sp³-hybridized carbons (Fsp3) is 0.417. The zero-order valence-corrected chi connectivity index (χ0v) is 12.4. The molecule has 0 bridgehead atoms. The molecule has 2 aromatic heterocycles. The van der Waals surface area contributed by atoms with Crippen molar-refractivity contribution in [3.05, 3.63) is 33.2 Å². The minimum absolute atomic E-state index is 0.0114. The summed E-state index contributed by atoms with van der Waals surface area (Å²) in [7, 11) is 0. The van der Waals surface area contributed by atoms with E-state index >= 15 is 0 Å². The highest BCUT2D eigenvalue weighted by Gasteiger charge is 2.07. The molecule has 0 aromatic carbocycles. The van der Waals surface area contributed by atoms with Crippen LogP contribution in [-0.4, -0.2) is 27.6 Å². The van der Waals surface area contributed by atoms with Gasteiger partial charge >= 0.3 is 0 Å². The third-order valence-corrected chi connectivity index (χ3v) is 4.40. The number of thioether (sulfide) groups is 1. The molecular weight excluding hydrogens is 282 g/mol. The van der Waals surface area contributed by atoms with Crippen molar-refractivity contribution in [1.29, 1.82) is 0 Å². The third kappa shape index (κ3) is 3.36. The van der Waals surface area contributed by atoms with Gasteiger partial charge in [0, 0.05) is 29.4 Å². The van der Waals surface area contributed by atoms with Gasteiger partial charge in [0.1, 0.15) is 0 Å². The molecule has 0 spiro atoms. The van der Waals surface area contributed by atoms with E-state index in [2.05, 4.69) is 10.3 Å². The molecule has 0 aliphatic heterocycles. The van der Waals surface area contributed by atoms with E-state index in [1.54, 1.807) is 4.40 Å². The maximum Gasteiger partial charge on any atom is 0.258 e. The van der Waals surface area contributed by atoms with E-state index in [1.807, 2.05) is 19.2 Å². The van der Waals surface area contributed by atoms with Crippen LogP contribution in [0.15, 0.2) is 16.2 Å². The highest BCUT2D eigenvalue weighted by Crippen LogP contribution is 2.14. The fourth-order valence-corrected chi connectivity index (χ4v) is 3.31. The van der Waals surface area contributed by atoms with Crippen LogP contribution >= 0.6 is 23.1 Å². The van der Waals surface area contributed by atoms with Gasteiger partial charge in [-0.1, -0.05) is 0 Å². The Morgan fingerprint density at radius 1 is 1.58 bits per heavy atom. The first kappa shape index (κ1) is 14.1. The molecular formula is C12H15N3O2S2. The van der Waals surface area contributed by atoms with Gasteiger partial charge in [-0.25, -0.2) is 4.98 Å². The van der Waals surface area contributed by atoms with Gasteiger partial charge in [0.25, 0.3) is 5.56 Å². The lowest BCUT2D eigenvalue weighted by Crippen LogP contribution is -2.24. The van der Waals surface area contributed by atoms with Crippen LogP contribution in [-0.2, 0) is 10.5 Å². The average Bonchev–Trinajstić information content (AvgIpc) is 2.72. The Morgan fingerprint density at radius 3 is 3.11 bits per heavy atom. The lowest BCUT2D eigenvalue weighted by Gasteiger charge is -2.03. The Kier molecular flexibility index (Phi) is 4.60. The summed E-state index contributed by atoms with van der Waals surface area (Å²) in [6.07, 6.45) is 0. The number of thiazole rings is 1. The summed E-state index contributed by atoms with van der Waals surface area (Å²) in [5, 5.41) is 4.64. The zero-order chi connectivity index (χ0) is 13.8. The SMILES string of the molecule is CCNC(=O)CSCc1cc(=O)n2c(C)csc2n1. The number of nitrogens with one attached hydrogen (secondary N) is 1. The molecule has 2 rings (SSSR count). The summed E-state index contributed by atoms with van der Waals surface area (Å²) in [4.78, 5) is 28.4. The maximum absolute atomic E-state index is 11.9. The van der Waals surface area contributed by atoms with Gasteiger partial charge in [0.15, 0.2) is 4.96 Å². The molecule has 0 aliphatic carbocycles. The predicted octanol–water partition coefficient (Wildman–Crippen LogP) is 1.43. The van der Waals surface area contributed by atoms with Crippen LogP contribution < -0.4 is 10.9 Å². The van der Waals surface area contributed by atoms with Crippen molar-refractivity contribution in [2.24, 2.45) is 0 Å². The van der Waals surface area contributed by atoms with Gasteiger partial charge in [0.05, 0.1) is 11.4 Å². The molecule has 7 heteroatoms. The number of carbonyl (C=O) groups excluding carboxylic acids is 1. The minimum atomic E-state index is -0.0580. The van der Waals surface area contributed by atoms with E-state index in [0.29, 0.717) is 23.0 Å². The smallest absolute Gasteiger partial charge is 0.258 e.